The summed E-state index contributed by atoms with van der Waals surface area (Å²) < 4.78 is 7.42. The first-order valence-electron chi connectivity index (χ1n) is 7.76. The summed E-state index contributed by atoms with van der Waals surface area (Å²) in [6.45, 7) is 5.57. The molecular formula is C17H24N4O2. The van der Waals surface area contributed by atoms with Crippen molar-refractivity contribution in [1.29, 1.82) is 0 Å². The molecule has 0 aliphatic carbocycles. The SMILES string of the molecule is CC(C)n1nccc1NC(=O)CN(C)CCOc1ccccc1. The molecule has 1 N–H and O–H groups in total. The van der Waals surface area contributed by atoms with Crippen LogP contribution in [0.2, 0.25) is 0 Å². The fourth-order valence-corrected chi connectivity index (χ4v) is 2.17. The number of hydrogen-bond acceptors (Lipinski definition) is 4. The van der Waals surface area contributed by atoms with E-state index in [0.29, 0.717) is 19.7 Å². The van der Waals surface area contributed by atoms with Crippen LogP contribution in [0.15, 0.2) is 42.6 Å². The van der Waals surface area contributed by atoms with E-state index >= 15 is 0 Å². The number of carbonyl (C=O) groups excluding carboxylic acids is 1. The van der Waals surface area contributed by atoms with E-state index in [2.05, 4.69) is 10.4 Å². The van der Waals surface area contributed by atoms with Crippen molar-refractivity contribution in [1.82, 2.24) is 14.7 Å². The average Bonchev–Trinajstić information content (AvgIpc) is 2.96. The van der Waals surface area contributed by atoms with E-state index in [0.717, 1.165) is 11.6 Å². The third-order valence-corrected chi connectivity index (χ3v) is 3.33. The van der Waals surface area contributed by atoms with Crippen molar-refractivity contribution < 1.29 is 9.53 Å². The van der Waals surface area contributed by atoms with Crippen molar-refractivity contribution in [2.75, 3.05) is 32.1 Å². The number of ether oxygens (including phenoxy) is 1. The summed E-state index contributed by atoms with van der Waals surface area (Å²) in [6.07, 6.45) is 1.69. The van der Waals surface area contributed by atoms with E-state index in [1.165, 1.54) is 0 Å². The van der Waals surface area contributed by atoms with Crippen LogP contribution in [0.3, 0.4) is 0 Å². The number of anilines is 1. The van der Waals surface area contributed by atoms with Crippen LogP contribution in [0.5, 0.6) is 5.75 Å². The third kappa shape index (κ3) is 5.41. The number of hydrogen-bond donors (Lipinski definition) is 1. The molecule has 0 aliphatic heterocycles. The normalized spacial score (nSPS) is 11.0. The zero-order valence-electron chi connectivity index (χ0n) is 13.9. The van der Waals surface area contributed by atoms with Crippen molar-refractivity contribution >= 4 is 11.7 Å². The van der Waals surface area contributed by atoms with Crippen molar-refractivity contribution in [3.63, 3.8) is 0 Å². The second-order valence-corrected chi connectivity index (χ2v) is 5.70. The smallest absolute Gasteiger partial charge is 0.239 e. The predicted octanol–water partition coefficient (Wildman–Crippen LogP) is 2.41. The van der Waals surface area contributed by atoms with Crippen molar-refractivity contribution in [3.05, 3.63) is 42.6 Å². The van der Waals surface area contributed by atoms with Crippen LogP contribution in [-0.2, 0) is 4.79 Å². The molecule has 0 saturated heterocycles. The number of likely N-dealkylation sites (N-methyl/N-ethyl adjacent to an activating group) is 1. The monoisotopic (exact) mass is 316 g/mol. The molecule has 1 heterocycles. The summed E-state index contributed by atoms with van der Waals surface area (Å²) in [5.41, 5.74) is 0. The number of nitrogens with one attached hydrogen (secondary N) is 1. The first-order chi connectivity index (χ1) is 11.1. The zero-order chi connectivity index (χ0) is 16.7. The maximum absolute atomic E-state index is 12.1. The quantitative estimate of drug-likeness (QED) is 0.812. The maximum atomic E-state index is 12.1. The Hall–Kier alpha value is -2.34. The molecule has 0 atom stereocenters. The number of aromatic nitrogens is 2. The molecule has 0 spiro atoms. The minimum Gasteiger partial charge on any atom is -0.492 e. The van der Waals surface area contributed by atoms with Gasteiger partial charge in [0.1, 0.15) is 18.2 Å². The number of nitrogens with zero attached hydrogens (tertiary/aromatic N) is 3. The lowest BCUT2D eigenvalue weighted by atomic mass is 10.3. The first kappa shape index (κ1) is 17.0. The van der Waals surface area contributed by atoms with Gasteiger partial charge in [0.15, 0.2) is 0 Å². The summed E-state index contributed by atoms with van der Waals surface area (Å²) in [5.74, 6) is 1.50. The van der Waals surface area contributed by atoms with Gasteiger partial charge in [-0.15, -0.1) is 0 Å². The minimum atomic E-state index is -0.0605. The molecule has 0 aliphatic rings. The second kappa shape index (κ2) is 8.33. The molecule has 124 valence electrons. The minimum absolute atomic E-state index is 0.0605. The van der Waals surface area contributed by atoms with E-state index in [1.807, 2.05) is 56.1 Å². The van der Waals surface area contributed by atoms with Gasteiger partial charge < -0.3 is 10.1 Å². The largest absolute Gasteiger partial charge is 0.492 e. The van der Waals surface area contributed by atoms with E-state index < -0.39 is 0 Å². The van der Waals surface area contributed by atoms with Gasteiger partial charge >= 0.3 is 0 Å². The van der Waals surface area contributed by atoms with Gasteiger partial charge in [-0.25, -0.2) is 4.68 Å². The van der Waals surface area contributed by atoms with E-state index in [1.54, 1.807) is 16.9 Å². The van der Waals surface area contributed by atoms with Gasteiger partial charge in [0.2, 0.25) is 5.91 Å². The van der Waals surface area contributed by atoms with Gasteiger partial charge in [-0.3, -0.25) is 9.69 Å². The summed E-state index contributed by atoms with van der Waals surface area (Å²) in [5, 5.41) is 7.09. The number of amides is 1. The molecule has 0 radical (unpaired) electrons. The molecule has 1 aromatic heterocycles. The molecule has 6 heteroatoms. The highest BCUT2D eigenvalue weighted by atomic mass is 16.5. The first-order valence-corrected chi connectivity index (χ1v) is 7.76. The van der Waals surface area contributed by atoms with Crippen LogP contribution in [0.25, 0.3) is 0 Å². The van der Waals surface area contributed by atoms with E-state index in [-0.39, 0.29) is 11.9 Å². The number of benzene rings is 1. The summed E-state index contributed by atoms with van der Waals surface area (Å²) in [7, 11) is 1.90. The standard InChI is InChI=1S/C17H24N4O2/c1-14(2)21-16(9-10-18-21)19-17(22)13-20(3)11-12-23-15-7-5-4-6-8-15/h4-10,14H,11-13H2,1-3H3,(H,19,22). The molecule has 0 fully saturated rings. The Bertz CT molecular complexity index is 610. The van der Waals surface area contributed by atoms with Gasteiger partial charge in [-0.05, 0) is 33.0 Å². The molecule has 1 aromatic carbocycles. The van der Waals surface area contributed by atoms with Gasteiger partial charge in [0.05, 0.1) is 12.7 Å². The lowest BCUT2D eigenvalue weighted by Crippen LogP contribution is -2.33. The topological polar surface area (TPSA) is 59.4 Å². The van der Waals surface area contributed by atoms with Gasteiger partial charge in [0, 0.05) is 18.7 Å². The Morgan fingerprint density at radius 2 is 2.04 bits per heavy atom. The molecule has 1 amide bonds. The van der Waals surface area contributed by atoms with E-state index in [4.69, 9.17) is 4.74 Å². The average molecular weight is 316 g/mol. The Kier molecular flexibility index (Phi) is 6.17. The van der Waals surface area contributed by atoms with Crippen molar-refractivity contribution in [2.24, 2.45) is 0 Å². The van der Waals surface area contributed by atoms with Crippen LogP contribution in [-0.4, -0.2) is 47.3 Å². The Labute approximate surface area is 137 Å². The van der Waals surface area contributed by atoms with Crippen molar-refractivity contribution in [3.8, 4) is 5.75 Å². The maximum Gasteiger partial charge on any atom is 0.239 e. The molecule has 0 saturated carbocycles. The number of carbonyl (C=O) groups is 1. The Morgan fingerprint density at radius 1 is 1.30 bits per heavy atom. The highest BCUT2D eigenvalue weighted by molar-refractivity contribution is 5.91. The van der Waals surface area contributed by atoms with Gasteiger partial charge in [0.25, 0.3) is 0 Å². The fourth-order valence-electron chi connectivity index (χ4n) is 2.17. The molecule has 0 unspecified atom stereocenters. The molecule has 23 heavy (non-hydrogen) atoms. The predicted molar refractivity (Wildman–Crippen MR) is 90.7 cm³/mol. The summed E-state index contributed by atoms with van der Waals surface area (Å²) in [6, 6.07) is 11.7. The van der Waals surface area contributed by atoms with E-state index in [9.17, 15) is 4.79 Å². The highest BCUT2D eigenvalue weighted by Crippen LogP contribution is 2.12. The van der Waals surface area contributed by atoms with Gasteiger partial charge in [-0.1, -0.05) is 18.2 Å². The van der Waals surface area contributed by atoms with Crippen LogP contribution in [0.1, 0.15) is 19.9 Å². The lowest BCUT2D eigenvalue weighted by molar-refractivity contribution is -0.117. The zero-order valence-corrected chi connectivity index (χ0v) is 13.9. The third-order valence-electron chi connectivity index (χ3n) is 3.33. The molecule has 6 nitrogen and oxygen atoms in total. The second-order valence-electron chi connectivity index (χ2n) is 5.70. The van der Waals surface area contributed by atoms with Crippen LogP contribution in [0.4, 0.5) is 5.82 Å². The Morgan fingerprint density at radius 3 is 2.74 bits per heavy atom. The molecule has 2 aromatic rings. The molecule has 0 bridgehead atoms. The van der Waals surface area contributed by atoms with Crippen LogP contribution < -0.4 is 10.1 Å². The summed E-state index contributed by atoms with van der Waals surface area (Å²) in [4.78, 5) is 14.0. The number of rotatable bonds is 8. The van der Waals surface area contributed by atoms with Crippen LogP contribution in [0, 0.1) is 0 Å². The fraction of sp³-hybridized carbons (Fsp3) is 0.412. The molecule has 2 rings (SSSR count). The lowest BCUT2D eigenvalue weighted by Gasteiger charge is -2.17. The van der Waals surface area contributed by atoms with Gasteiger partial charge in [-0.2, -0.15) is 5.10 Å². The van der Waals surface area contributed by atoms with Crippen molar-refractivity contribution in [2.45, 2.75) is 19.9 Å². The summed E-state index contributed by atoms with van der Waals surface area (Å²) >= 11 is 0. The van der Waals surface area contributed by atoms with Crippen LogP contribution >= 0.6 is 0 Å². The molecular weight excluding hydrogens is 292 g/mol. The Balaban J connectivity index is 1.73. The highest BCUT2D eigenvalue weighted by Gasteiger charge is 2.11. The number of para-hydroxylation sites is 1.